The molecule has 0 N–H and O–H groups in total. The molecule has 0 unspecified atom stereocenters. The monoisotopic (exact) mass is 216 g/mol. The van der Waals surface area contributed by atoms with E-state index in [1.54, 1.807) is 14.2 Å². The van der Waals surface area contributed by atoms with Crippen LogP contribution in [0.5, 0.6) is 0 Å². The number of methoxy groups -OCH3 is 2. The van der Waals surface area contributed by atoms with Crippen LogP contribution in [0.3, 0.4) is 0 Å². The lowest BCUT2D eigenvalue weighted by molar-refractivity contribution is -0.00808. The Kier molecular flexibility index (Phi) is 7.20. The Hall–Kier alpha value is -0.0800. The predicted octanol–water partition coefficient (Wildman–Crippen LogP) is 3.36. The summed E-state index contributed by atoms with van der Waals surface area (Å²) in [5.74, 6) is 1.30. The zero-order valence-corrected chi connectivity index (χ0v) is 11.3. The summed E-state index contributed by atoms with van der Waals surface area (Å²) in [5.41, 5.74) is 0.299. The molecule has 0 radical (unpaired) electrons. The minimum Gasteiger partial charge on any atom is -0.385 e. The zero-order valence-electron chi connectivity index (χ0n) is 11.3. The summed E-state index contributed by atoms with van der Waals surface area (Å²) >= 11 is 0. The maximum Gasteiger partial charge on any atom is 0.0523 e. The van der Waals surface area contributed by atoms with Crippen LogP contribution < -0.4 is 0 Å². The van der Waals surface area contributed by atoms with E-state index in [0.717, 1.165) is 19.6 Å². The highest BCUT2D eigenvalue weighted by Crippen LogP contribution is 2.40. The fourth-order valence-electron chi connectivity index (χ4n) is 2.46. The maximum atomic E-state index is 5.42. The standard InChI is InChI=1S/C13H28O2/c1-11(2)13(10-15-6,12(3)4)8-7-9-14-5/h11-12H,7-10H2,1-6H3. The Morgan fingerprint density at radius 1 is 0.933 bits per heavy atom. The van der Waals surface area contributed by atoms with Gasteiger partial charge in [0.25, 0.3) is 0 Å². The molecule has 0 bridgehead atoms. The average Bonchev–Trinajstić information content (AvgIpc) is 2.15. The summed E-state index contributed by atoms with van der Waals surface area (Å²) < 4.78 is 10.6. The molecule has 0 heterocycles. The minimum atomic E-state index is 0.299. The van der Waals surface area contributed by atoms with E-state index in [-0.39, 0.29) is 0 Å². The summed E-state index contributed by atoms with van der Waals surface area (Å²) in [7, 11) is 3.57. The second-order valence-electron chi connectivity index (χ2n) is 5.07. The van der Waals surface area contributed by atoms with Gasteiger partial charge >= 0.3 is 0 Å². The van der Waals surface area contributed by atoms with Crippen molar-refractivity contribution < 1.29 is 9.47 Å². The molecule has 0 amide bonds. The number of hydrogen-bond donors (Lipinski definition) is 0. The summed E-state index contributed by atoms with van der Waals surface area (Å²) in [4.78, 5) is 0. The Morgan fingerprint density at radius 3 is 1.80 bits per heavy atom. The van der Waals surface area contributed by atoms with Gasteiger partial charge in [-0.2, -0.15) is 0 Å². The summed E-state index contributed by atoms with van der Waals surface area (Å²) in [6.07, 6.45) is 2.31. The van der Waals surface area contributed by atoms with Gasteiger partial charge in [-0.1, -0.05) is 27.7 Å². The molecule has 0 saturated carbocycles. The third-order valence-corrected chi connectivity index (χ3v) is 3.70. The number of rotatable bonds is 8. The van der Waals surface area contributed by atoms with Crippen molar-refractivity contribution in [3.63, 3.8) is 0 Å². The van der Waals surface area contributed by atoms with E-state index < -0.39 is 0 Å². The van der Waals surface area contributed by atoms with E-state index in [2.05, 4.69) is 27.7 Å². The van der Waals surface area contributed by atoms with Gasteiger partial charge in [0.1, 0.15) is 0 Å². The van der Waals surface area contributed by atoms with Gasteiger partial charge in [0.2, 0.25) is 0 Å². The molecule has 0 spiro atoms. The second kappa shape index (κ2) is 7.24. The third-order valence-electron chi connectivity index (χ3n) is 3.70. The fourth-order valence-corrected chi connectivity index (χ4v) is 2.46. The van der Waals surface area contributed by atoms with E-state index in [1.165, 1.54) is 6.42 Å². The number of hydrogen-bond acceptors (Lipinski definition) is 2. The van der Waals surface area contributed by atoms with Crippen LogP contribution in [-0.2, 0) is 9.47 Å². The molecule has 0 aliphatic rings. The van der Waals surface area contributed by atoms with E-state index in [0.29, 0.717) is 17.3 Å². The van der Waals surface area contributed by atoms with Crippen molar-refractivity contribution in [1.29, 1.82) is 0 Å². The molecule has 0 aliphatic heterocycles. The van der Waals surface area contributed by atoms with E-state index in [4.69, 9.17) is 9.47 Å². The normalized spacial score (nSPS) is 12.8. The Bertz CT molecular complexity index is 145. The SMILES string of the molecule is COCCCC(COC)(C(C)C)C(C)C. The van der Waals surface area contributed by atoms with Crippen molar-refractivity contribution in [1.82, 2.24) is 0 Å². The molecule has 2 nitrogen and oxygen atoms in total. The molecular weight excluding hydrogens is 188 g/mol. The fraction of sp³-hybridized carbons (Fsp3) is 1.00. The van der Waals surface area contributed by atoms with Crippen molar-refractivity contribution in [2.24, 2.45) is 17.3 Å². The van der Waals surface area contributed by atoms with Gasteiger partial charge in [-0.25, -0.2) is 0 Å². The van der Waals surface area contributed by atoms with Crippen LogP contribution in [-0.4, -0.2) is 27.4 Å². The highest BCUT2D eigenvalue weighted by Gasteiger charge is 2.36. The first-order valence-electron chi connectivity index (χ1n) is 5.99. The van der Waals surface area contributed by atoms with Crippen molar-refractivity contribution in [2.75, 3.05) is 27.4 Å². The summed E-state index contributed by atoms with van der Waals surface area (Å²) in [6.45, 7) is 10.9. The lowest BCUT2D eigenvalue weighted by Gasteiger charge is -2.41. The largest absolute Gasteiger partial charge is 0.385 e. The molecule has 0 aliphatic carbocycles. The molecule has 0 saturated heterocycles. The predicted molar refractivity (Wildman–Crippen MR) is 65.1 cm³/mol. The molecule has 0 aromatic rings. The van der Waals surface area contributed by atoms with Crippen LogP contribution in [0.25, 0.3) is 0 Å². The average molecular weight is 216 g/mol. The topological polar surface area (TPSA) is 18.5 Å². The molecular formula is C13H28O2. The van der Waals surface area contributed by atoms with Gasteiger partial charge < -0.3 is 9.47 Å². The van der Waals surface area contributed by atoms with Gasteiger partial charge in [0.15, 0.2) is 0 Å². The molecule has 15 heavy (non-hydrogen) atoms. The highest BCUT2D eigenvalue weighted by molar-refractivity contribution is 4.85. The summed E-state index contributed by atoms with van der Waals surface area (Å²) in [6, 6.07) is 0. The second-order valence-corrected chi connectivity index (χ2v) is 5.07. The van der Waals surface area contributed by atoms with E-state index in [1.807, 2.05) is 0 Å². The molecule has 0 fully saturated rings. The molecule has 0 aromatic carbocycles. The van der Waals surface area contributed by atoms with Crippen molar-refractivity contribution >= 4 is 0 Å². The van der Waals surface area contributed by atoms with Crippen LogP contribution in [0, 0.1) is 17.3 Å². The van der Waals surface area contributed by atoms with Gasteiger partial charge in [-0.15, -0.1) is 0 Å². The lowest BCUT2D eigenvalue weighted by atomic mass is 9.67. The van der Waals surface area contributed by atoms with Gasteiger partial charge in [0, 0.05) is 20.8 Å². The van der Waals surface area contributed by atoms with Crippen molar-refractivity contribution in [3.8, 4) is 0 Å². The van der Waals surface area contributed by atoms with E-state index >= 15 is 0 Å². The van der Waals surface area contributed by atoms with Crippen LogP contribution in [0.4, 0.5) is 0 Å². The number of ether oxygens (including phenoxy) is 2. The van der Waals surface area contributed by atoms with Crippen molar-refractivity contribution in [3.05, 3.63) is 0 Å². The molecule has 0 atom stereocenters. The third kappa shape index (κ3) is 4.12. The molecule has 0 rings (SSSR count). The van der Waals surface area contributed by atoms with Crippen molar-refractivity contribution in [2.45, 2.75) is 40.5 Å². The summed E-state index contributed by atoms with van der Waals surface area (Å²) in [5, 5.41) is 0. The van der Waals surface area contributed by atoms with E-state index in [9.17, 15) is 0 Å². The quantitative estimate of drug-likeness (QED) is 0.579. The maximum absolute atomic E-state index is 5.42. The molecule has 2 heteroatoms. The van der Waals surface area contributed by atoms with Gasteiger partial charge in [-0.3, -0.25) is 0 Å². The Morgan fingerprint density at radius 2 is 1.47 bits per heavy atom. The first-order chi connectivity index (χ1) is 7.01. The first kappa shape index (κ1) is 14.9. The van der Waals surface area contributed by atoms with Crippen LogP contribution in [0.2, 0.25) is 0 Å². The van der Waals surface area contributed by atoms with Gasteiger partial charge in [-0.05, 0) is 30.1 Å². The lowest BCUT2D eigenvalue weighted by Crippen LogP contribution is -2.38. The van der Waals surface area contributed by atoms with Gasteiger partial charge in [0.05, 0.1) is 6.61 Å². The Labute approximate surface area is 95.3 Å². The smallest absolute Gasteiger partial charge is 0.0523 e. The zero-order chi connectivity index (χ0) is 11.9. The highest BCUT2D eigenvalue weighted by atomic mass is 16.5. The van der Waals surface area contributed by atoms with Crippen LogP contribution >= 0.6 is 0 Å². The Balaban J connectivity index is 4.48. The minimum absolute atomic E-state index is 0.299. The molecule has 0 aromatic heterocycles. The van der Waals surface area contributed by atoms with Crippen LogP contribution in [0.15, 0.2) is 0 Å². The molecule has 92 valence electrons. The van der Waals surface area contributed by atoms with Crippen LogP contribution in [0.1, 0.15) is 40.5 Å². The first-order valence-corrected chi connectivity index (χ1v) is 5.99.